The predicted molar refractivity (Wildman–Crippen MR) is 57.5 cm³/mol. The van der Waals surface area contributed by atoms with E-state index in [1.165, 1.54) is 6.07 Å². The lowest BCUT2D eigenvalue weighted by Gasteiger charge is -1.97. The summed E-state index contributed by atoms with van der Waals surface area (Å²) in [4.78, 5) is 19.4. The van der Waals surface area contributed by atoms with Crippen molar-refractivity contribution >= 4 is 45.6 Å². The first-order chi connectivity index (χ1) is 6.43. The van der Waals surface area contributed by atoms with Crippen LogP contribution >= 0.6 is 34.2 Å². The molecule has 0 unspecified atom stereocenters. The van der Waals surface area contributed by atoms with Gasteiger partial charge in [0, 0.05) is 9.64 Å². The van der Waals surface area contributed by atoms with Crippen LogP contribution in [0.5, 0.6) is 0 Å². The van der Waals surface area contributed by atoms with Crippen LogP contribution in [-0.2, 0) is 0 Å². The maximum atomic E-state index is 10.4. The van der Waals surface area contributed by atoms with Crippen molar-refractivity contribution in [3.05, 3.63) is 41.0 Å². The number of nitro groups is 2. The standard InChI is InChI=1S/C6H2ClIN2O4/c7-6-4(8)1-3(9(11)12)2-5(6)10(13)14/h1-2H. The Kier molecular flexibility index (Phi) is 3.21. The molecule has 74 valence electrons. The van der Waals surface area contributed by atoms with Gasteiger partial charge in [-0.25, -0.2) is 0 Å². The monoisotopic (exact) mass is 328 g/mol. The van der Waals surface area contributed by atoms with Gasteiger partial charge >= 0.3 is 0 Å². The van der Waals surface area contributed by atoms with Gasteiger partial charge in [-0.2, -0.15) is 0 Å². The second kappa shape index (κ2) is 4.05. The van der Waals surface area contributed by atoms with Crippen LogP contribution in [0, 0.1) is 23.8 Å². The first-order valence-electron chi connectivity index (χ1n) is 3.21. The maximum absolute atomic E-state index is 10.4. The summed E-state index contributed by atoms with van der Waals surface area (Å²) >= 11 is 7.29. The molecule has 0 aliphatic heterocycles. The second-order valence-electron chi connectivity index (χ2n) is 2.27. The number of nitro benzene ring substituents is 2. The molecule has 0 atom stereocenters. The minimum Gasteiger partial charge on any atom is -0.258 e. The molecule has 0 aliphatic rings. The molecule has 0 fully saturated rings. The molecule has 1 rings (SSSR count). The molecule has 0 radical (unpaired) electrons. The van der Waals surface area contributed by atoms with Crippen molar-refractivity contribution in [2.45, 2.75) is 0 Å². The Morgan fingerprint density at radius 1 is 1.21 bits per heavy atom. The number of halogens is 2. The summed E-state index contributed by atoms with van der Waals surface area (Å²) in [5.41, 5.74) is -0.796. The van der Waals surface area contributed by atoms with Gasteiger partial charge in [0.1, 0.15) is 5.02 Å². The van der Waals surface area contributed by atoms with Crippen molar-refractivity contribution in [2.75, 3.05) is 0 Å². The van der Waals surface area contributed by atoms with E-state index in [4.69, 9.17) is 11.6 Å². The van der Waals surface area contributed by atoms with E-state index in [-0.39, 0.29) is 14.3 Å². The summed E-state index contributed by atoms with van der Waals surface area (Å²) in [5, 5.41) is 20.7. The van der Waals surface area contributed by atoms with Gasteiger partial charge in [-0.1, -0.05) is 11.6 Å². The van der Waals surface area contributed by atoms with Gasteiger partial charge in [0.25, 0.3) is 11.4 Å². The third kappa shape index (κ3) is 2.10. The summed E-state index contributed by atoms with van der Waals surface area (Å²) < 4.78 is 0.283. The van der Waals surface area contributed by atoms with Crippen molar-refractivity contribution in [2.24, 2.45) is 0 Å². The molecule has 0 saturated carbocycles. The average Bonchev–Trinajstić information content (AvgIpc) is 2.08. The molecule has 0 aromatic heterocycles. The van der Waals surface area contributed by atoms with Crippen LogP contribution in [0.2, 0.25) is 5.02 Å². The van der Waals surface area contributed by atoms with E-state index in [1.807, 2.05) is 0 Å². The van der Waals surface area contributed by atoms with Gasteiger partial charge in [0.05, 0.1) is 15.9 Å². The second-order valence-corrected chi connectivity index (χ2v) is 3.82. The zero-order valence-corrected chi connectivity index (χ0v) is 9.35. The Bertz CT molecular complexity index is 423. The van der Waals surface area contributed by atoms with Gasteiger partial charge in [-0.05, 0) is 22.6 Å². The Morgan fingerprint density at radius 3 is 2.21 bits per heavy atom. The van der Waals surface area contributed by atoms with Crippen molar-refractivity contribution in [3.8, 4) is 0 Å². The molecule has 0 heterocycles. The van der Waals surface area contributed by atoms with E-state index in [2.05, 4.69) is 0 Å². The van der Waals surface area contributed by atoms with E-state index in [0.717, 1.165) is 6.07 Å². The molecular formula is C6H2ClIN2O4. The SMILES string of the molecule is O=[N+]([O-])c1cc(I)c(Cl)c([N+](=O)[O-])c1. The van der Waals surface area contributed by atoms with Gasteiger partial charge < -0.3 is 0 Å². The van der Waals surface area contributed by atoms with Crippen LogP contribution in [0.3, 0.4) is 0 Å². The maximum Gasteiger partial charge on any atom is 0.295 e. The highest BCUT2D eigenvalue weighted by Gasteiger charge is 2.21. The molecule has 8 heteroatoms. The minimum absolute atomic E-state index is 0.0822. The van der Waals surface area contributed by atoms with Crippen molar-refractivity contribution < 1.29 is 9.85 Å². The van der Waals surface area contributed by atoms with Gasteiger partial charge in [0.2, 0.25) is 0 Å². The van der Waals surface area contributed by atoms with Crippen LogP contribution in [0.4, 0.5) is 11.4 Å². The molecule has 0 bridgehead atoms. The Hall–Kier alpha value is -0.960. The summed E-state index contributed by atoms with van der Waals surface area (Å²) in [7, 11) is 0. The molecule has 0 saturated heterocycles. The first kappa shape index (κ1) is 11.1. The van der Waals surface area contributed by atoms with Gasteiger partial charge in [-0.3, -0.25) is 20.2 Å². The van der Waals surface area contributed by atoms with E-state index in [9.17, 15) is 20.2 Å². The van der Waals surface area contributed by atoms with Crippen LogP contribution < -0.4 is 0 Å². The highest BCUT2D eigenvalue weighted by atomic mass is 127. The quantitative estimate of drug-likeness (QED) is 0.474. The summed E-state index contributed by atoms with van der Waals surface area (Å²) in [6.45, 7) is 0. The third-order valence-electron chi connectivity index (χ3n) is 1.40. The van der Waals surface area contributed by atoms with Crippen molar-refractivity contribution in [3.63, 3.8) is 0 Å². The number of hydrogen-bond acceptors (Lipinski definition) is 4. The number of hydrogen-bond donors (Lipinski definition) is 0. The smallest absolute Gasteiger partial charge is 0.258 e. The summed E-state index contributed by atoms with van der Waals surface area (Å²) in [6.07, 6.45) is 0. The molecule has 0 spiro atoms. The van der Waals surface area contributed by atoms with Crippen LogP contribution in [-0.4, -0.2) is 9.85 Å². The normalized spacial score (nSPS) is 9.86. The largest absolute Gasteiger partial charge is 0.295 e. The van der Waals surface area contributed by atoms with E-state index in [1.54, 1.807) is 22.6 Å². The highest BCUT2D eigenvalue weighted by molar-refractivity contribution is 14.1. The topological polar surface area (TPSA) is 86.3 Å². The molecule has 1 aromatic rings. The van der Waals surface area contributed by atoms with E-state index < -0.39 is 15.5 Å². The summed E-state index contributed by atoms with van der Waals surface area (Å²) in [5.74, 6) is 0. The Morgan fingerprint density at radius 2 is 1.79 bits per heavy atom. The van der Waals surface area contributed by atoms with Crippen LogP contribution in [0.1, 0.15) is 0 Å². The van der Waals surface area contributed by atoms with Crippen molar-refractivity contribution in [1.29, 1.82) is 0 Å². The van der Waals surface area contributed by atoms with Crippen molar-refractivity contribution in [1.82, 2.24) is 0 Å². The lowest BCUT2D eigenvalue weighted by molar-refractivity contribution is -0.394. The number of rotatable bonds is 2. The lowest BCUT2D eigenvalue weighted by atomic mass is 10.3. The van der Waals surface area contributed by atoms with Crippen LogP contribution in [0.25, 0.3) is 0 Å². The molecule has 6 nitrogen and oxygen atoms in total. The fraction of sp³-hybridized carbons (Fsp3) is 0. The van der Waals surface area contributed by atoms with Gasteiger partial charge in [-0.15, -0.1) is 0 Å². The molecule has 1 aromatic carbocycles. The van der Waals surface area contributed by atoms with Gasteiger partial charge in [0.15, 0.2) is 0 Å². The lowest BCUT2D eigenvalue weighted by Crippen LogP contribution is -1.95. The molecule has 0 amide bonds. The highest BCUT2D eigenvalue weighted by Crippen LogP contribution is 2.33. The van der Waals surface area contributed by atoms with E-state index in [0.29, 0.717) is 0 Å². The molecule has 0 aliphatic carbocycles. The number of nitrogens with zero attached hydrogens (tertiary/aromatic N) is 2. The number of non-ortho nitro benzene ring substituents is 1. The Labute approximate surface area is 96.3 Å². The van der Waals surface area contributed by atoms with Crippen LogP contribution in [0.15, 0.2) is 12.1 Å². The number of benzene rings is 1. The zero-order chi connectivity index (χ0) is 10.9. The fourth-order valence-corrected chi connectivity index (χ4v) is 1.57. The Balaban J connectivity index is 3.43. The first-order valence-corrected chi connectivity index (χ1v) is 4.67. The fourth-order valence-electron chi connectivity index (χ4n) is 0.799. The average molecular weight is 328 g/mol. The minimum atomic E-state index is -0.752. The summed E-state index contributed by atoms with van der Waals surface area (Å²) in [6, 6.07) is 2.01. The predicted octanol–water partition coefficient (Wildman–Crippen LogP) is 2.76. The zero-order valence-electron chi connectivity index (χ0n) is 6.44. The molecule has 14 heavy (non-hydrogen) atoms. The molecular weight excluding hydrogens is 326 g/mol. The molecule has 0 N–H and O–H groups in total. The third-order valence-corrected chi connectivity index (χ3v) is 2.97. The van der Waals surface area contributed by atoms with E-state index >= 15 is 0 Å².